The van der Waals surface area contributed by atoms with Crippen molar-refractivity contribution in [2.75, 3.05) is 20.3 Å². The maximum absolute atomic E-state index is 11.7. The van der Waals surface area contributed by atoms with E-state index in [0.29, 0.717) is 19.1 Å². The number of ether oxygens (including phenoxy) is 1. The molecule has 0 aromatic rings. The van der Waals surface area contributed by atoms with E-state index in [1.54, 1.807) is 14.0 Å². The highest BCUT2D eigenvalue weighted by Crippen LogP contribution is 1.87. The van der Waals surface area contributed by atoms with Crippen LogP contribution in [0.3, 0.4) is 0 Å². The van der Waals surface area contributed by atoms with Crippen LogP contribution in [0.1, 0.15) is 27.2 Å². The van der Waals surface area contributed by atoms with Crippen LogP contribution in [-0.2, 0) is 9.53 Å². The van der Waals surface area contributed by atoms with Crippen LogP contribution in [0.25, 0.3) is 0 Å². The Labute approximate surface area is 109 Å². The largest absolute Gasteiger partial charge is 0.385 e. The zero-order valence-corrected chi connectivity index (χ0v) is 11.6. The molecule has 0 spiro atoms. The second kappa shape index (κ2) is 9.67. The van der Waals surface area contributed by atoms with Gasteiger partial charge < -0.3 is 15.4 Å². The molecule has 0 fully saturated rings. The van der Waals surface area contributed by atoms with Gasteiger partial charge in [-0.25, -0.2) is 5.84 Å². The van der Waals surface area contributed by atoms with Crippen LogP contribution in [0.15, 0.2) is 4.99 Å². The fraction of sp³-hybridized carbons (Fsp3) is 0.818. The van der Waals surface area contributed by atoms with Gasteiger partial charge in [0.1, 0.15) is 6.04 Å². The number of methoxy groups -OCH3 is 1. The lowest BCUT2D eigenvalue weighted by Crippen LogP contribution is -2.52. The molecule has 1 amide bonds. The first kappa shape index (κ1) is 16.7. The van der Waals surface area contributed by atoms with Crippen LogP contribution >= 0.6 is 0 Å². The molecular weight excluding hydrogens is 234 g/mol. The lowest BCUT2D eigenvalue weighted by Gasteiger charge is -2.17. The Morgan fingerprint density at radius 2 is 2.00 bits per heavy atom. The molecule has 0 aliphatic carbocycles. The van der Waals surface area contributed by atoms with Gasteiger partial charge in [0.05, 0.1) is 0 Å². The van der Waals surface area contributed by atoms with E-state index in [9.17, 15) is 4.79 Å². The minimum Gasteiger partial charge on any atom is -0.385 e. The topological polar surface area (TPSA) is 101 Å². The predicted octanol–water partition coefficient (Wildman–Crippen LogP) is -0.655. The van der Waals surface area contributed by atoms with Crippen molar-refractivity contribution in [2.24, 2.45) is 10.8 Å². The third-order valence-corrected chi connectivity index (χ3v) is 2.09. The third-order valence-electron chi connectivity index (χ3n) is 2.09. The Bertz CT molecular complexity index is 268. The smallest absolute Gasteiger partial charge is 0.242 e. The van der Waals surface area contributed by atoms with Crippen LogP contribution in [0.5, 0.6) is 0 Å². The first-order chi connectivity index (χ1) is 8.51. The molecule has 5 N–H and O–H groups in total. The number of nitrogens with zero attached hydrogens (tertiary/aromatic N) is 1. The molecule has 0 heterocycles. The van der Waals surface area contributed by atoms with E-state index < -0.39 is 6.04 Å². The van der Waals surface area contributed by atoms with Gasteiger partial charge in [-0.05, 0) is 27.2 Å². The normalized spacial score (nSPS) is 13.3. The summed E-state index contributed by atoms with van der Waals surface area (Å²) in [5, 5.41) is 5.71. The van der Waals surface area contributed by atoms with Gasteiger partial charge in [0.2, 0.25) is 11.9 Å². The number of rotatable bonds is 7. The molecule has 1 atom stereocenters. The summed E-state index contributed by atoms with van der Waals surface area (Å²) in [7, 11) is 1.64. The molecule has 1 unspecified atom stereocenters. The van der Waals surface area contributed by atoms with Crippen LogP contribution < -0.4 is 21.9 Å². The number of nitrogens with one attached hydrogen (secondary N) is 3. The predicted molar refractivity (Wildman–Crippen MR) is 72.0 cm³/mol. The monoisotopic (exact) mass is 259 g/mol. The molecule has 0 aromatic heterocycles. The molecule has 0 aliphatic rings. The number of carbonyl (C=O) groups excluding carboxylic acids is 1. The van der Waals surface area contributed by atoms with Gasteiger partial charge in [-0.1, -0.05) is 0 Å². The molecule has 0 saturated carbocycles. The number of hydrogen-bond acceptors (Lipinski definition) is 4. The van der Waals surface area contributed by atoms with Crippen molar-refractivity contribution >= 4 is 11.9 Å². The van der Waals surface area contributed by atoms with Crippen molar-refractivity contribution < 1.29 is 9.53 Å². The molecular formula is C11H25N5O2. The van der Waals surface area contributed by atoms with Crippen LogP contribution in [0.4, 0.5) is 0 Å². The van der Waals surface area contributed by atoms with Gasteiger partial charge in [0.15, 0.2) is 0 Å². The van der Waals surface area contributed by atoms with Crippen molar-refractivity contribution in [2.45, 2.75) is 39.3 Å². The van der Waals surface area contributed by atoms with E-state index in [-0.39, 0.29) is 11.9 Å². The first-order valence-electron chi connectivity index (χ1n) is 6.08. The number of aliphatic imine (C=N–C) groups is 1. The molecule has 0 bridgehead atoms. The van der Waals surface area contributed by atoms with Gasteiger partial charge in [-0.3, -0.25) is 15.2 Å². The molecule has 0 rings (SSSR count). The molecule has 18 heavy (non-hydrogen) atoms. The fourth-order valence-corrected chi connectivity index (χ4v) is 1.21. The lowest BCUT2D eigenvalue weighted by molar-refractivity contribution is -0.122. The number of amides is 1. The maximum Gasteiger partial charge on any atom is 0.242 e. The fourth-order valence-electron chi connectivity index (χ4n) is 1.21. The van der Waals surface area contributed by atoms with Gasteiger partial charge in [0, 0.05) is 26.3 Å². The minimum absolute atomic E-state index is 0.0927. The number of hydrazine groups is 1. The number of guanidine groups is 1. The third kappa shape index (κ3) is 7.86. The highest BCUT2D eigenvalue weighted by atomic mass is 16.5. The van der Waals surface area contributed by atoms with Crippen molar-refractivity contribution in [3.63, 3.8) is 0 Å². The highest BCUT2D eigenvalue weighted by molar-refractivity contribution is 5.88. The Balaban J connectivity index is 4.13. The van der Waals surface area contributed by atoms with Crippen LogP contribution in [0, 0.1) is 0 Å². The van der Waals surface area contributed by atoms with Gasteiger partial charge in [0.25, 0.3) is 0 Å². The average Bonchev–Trinajstić information content (AvgIpc) is 2.31. The van der Waals surface area contributed by atoms with E-state index in [2.05, 4.69) is 21.1 Å². The molecule has 7 heteroatoms. The Morgan fingerprint density at radius 3 is 2.50 bits per heavy atom. The zero-order valence-electron chi connectivity index (χ0n) is 11.6. The summed E-state index contributed by atoms with van der Waals surface area (Å²) in [6, 6.07) is -0.292. The van der Waals surface area contributed by atoms with E-state index in [1.165, 1.54) is 0 Å². The number of hydrogen-bond donors (Lipinski definition) is 4. The summed E-state index contributed by atoms with van der Waals surface area (Å²) in [6.45, 7) is 6.79. The Hall–Kier alpha value is -1.34. The summed E-state index contributed by atoms with van der Waals surface area (Å²) >= 11 is 0. The minimum atomic E-state index is -0.398. The molecule has 0 aliphatic heterocycles. The summed E-state index contributed by atoms with van der Waals surface area (Å²) in [5.74, 6) is 5.64. The molecule has 106 valence electrons. The average molecular weight is 259 g/mol. The van der Waals surface area contributed by atoms with E-state index in [4.69, 9.17) is 10.6 Å². The van der Waals surface area contributed by atoms with Gasteiger partial charge in [-0.15, -0.1) is 0 Å². The first-order valence-corrected chi connectivity index (χ1v) is 6.08. The summed E-state index contributed by atoms with van der Waals surface area (Å²) < 4.78 is 4.91. The molecule has 0 radical (unpaired) electrons. The Morgan fingerprint density at radius 1 is 1.33 bits per heavy atom. The van der Waals surface area contributed by atoms with Crippen molar-refractivity contribution in [3.05, 3.63) is 0 Å². The second-order valence-corrected chi connectivity index (χ2v) is 4.25. The maximum atomic E-state index is 11.7. The molecule has 0 saturated heterocycles. The van der Waals surface area contributed by atoms with E-state index in [1.807, 2.05) is 13.8 Å². The van der Waals surface area contributed by atoms with Crippen molar-refractivity contribution in [1.82, 2.24) is 16.1 Å². The molecule has 7 nitrogen and oxygen atoms in total. The van der Waals surface area contributed by atoms with Crippen LogP contribution in [-0.4, -0.2) is 44.2 Å². The lowest BCUT2D eigenvalue weighted by atomic mass is 10.3. The summed E-state index contributed by atoms with van der Waals surface area (Å²) in [5.41, 5.74) is 2.44. The van der Waals surface area contributed by atoms with Gasteiger partial charge in [-0.2, -0.15) is 0 Å². The quantitative estimate of drug-likeness (QED) is 0.160. The zero-order chi connectivity index (χ0) is 14.0. The SMILES string of the molecule is COCCCN=C(NN)NC(C)C(=O)NC(C)C. The van der Waals surface area contributed by atoms with Gasteiger partial charge >= 0.3 is 0 Å². The van der Waals surface area contributed by atoms with Crippen molar-refractivity contribution in [3.8, 4) is 0 Å². The summed E-state index contributed by atoms with van der Waals surface area (Å²) in [4.78, 5) is 15.9. The van der Waals surface area contributed by atoms with E-state index in [0.717, 1.165) is 6.42 Å². The van der Waals surface area contributed by atoms with Crippen LogP contribution in [0.2, 0.25) is 0 Å². The second-order valence-electron chi connectivity index (χ2n) is 4.25. The molecule has 0 aromatic carbocycles. The number of carbonyl (C=O) groups is 1. The van der Waals surface area contributed by atoms with E-state index >= 15 is 0 Å². The number of nitrogens with two attached hydrogens (primary N) is 1. The summed E-state index contributed by atoms with van der Waals surface area (Å²) in [6.07, 6.45) is 0.802. The standard InChI is InChI=1S/C11H25N5O2/c1-8(2)14-10(17)9(3)15-11(16-12)13-6-5-7-18-4/h8-9H,5-7,12H2,1-4H3,(H,14,17)(H2,13,15,16). The highest BCUT2D eigenvalue weighted by Gasteiger charge is 2.14. The van der Waals surface area contributed by atoms with Crippen molar-refractivity contribution in [1.29, 1.82) is 0 Å². The Kier molecular flexibility index (Phi) is 8.95.